The lowest BCUT2D eigenvalue weighted by Crippen LogP contribution is -2.62. The highest BCUT2D eigenvalue weighted by Crippen LogP contribution is 2.24. The Bertz CT molecular complexity index is 949. The summed E-state index contributed by atoms with van der Waals surface area (Å²) in [5.41, 5.74) is 1.38. The maximum Gasteiger partial charge on any atom is 0.328 e. The van der Waals surface area contributed by atoms with Gasteiger partial charge in [0.1, 0.15) is 11.7 Å². The lowest BCUT2D eigenvalue weighted by molar-refractivity contribution is -0.165. The van der Waals surface area contributed by atoms with Crippen LogP contribution >= 0.6 is 0 Å². The molecule has 2 aromatic rings. The molecule has 1 aromatic carbocycles. The molecule has 0 spiro atoms. The first-order valence-electron chi connectivity index (χ1n) is 9.70. The predicted molar refractivity (Wildman–Crippen MR) is 102 cm³/mol. The van der Waals surface area contributed by atoms with Gasteiger partial charge in [0.2, 0.25) is 5.91 Å². The molecule has 0 radical (unpaired) electrons. The number of ether oxygens (including phenoxy) is 1. The van der Waals surface area contributed by atoms with Gasteiger partial charge in [0.25, 0.3) is 5.91 Å². The molecule has 0 saturated carbocycles. The number of nitrogens with zero attached hydrogens (tertiary/aromatic N) is 3. The third-order valence-electron chi connectivity index (χ3n) is 5.42. The second-order valence-electron chi connectivity index (χ2n) is 7.35. The van der Waals surface area contributed by atoms with Gasteiger partial charge in [-0.15, -0.1) is 0 Å². The number of nitrogens with one attached hydrogen (secondary N) is 1. The number of carbonyl (C=O) groups is 3. The average molecular weight is 398 g/mol. The van der Waals surface area contributed by atoms with Crippen LogP contribution in [0.25, 0.3) is 11.0 Å². The first kappa shape index (κ1) is 19.3. The molecule has 2 aliphatic rings. The van der Waals surface area contributed by atoms with E-state index in [1.54, 1.807) is 12.1 Å². The number of hydrogen-bond donors (Lipinski definition) is 2. The van der Waals surface area contributed by atoms with Crippen LogP contribution in [0, 0.1) is 0 Å². The van der Waals surface area contributed by atoms with Gasteiger partial charge in [-0.1, -0.05) is 25.0 Å². The lowest BCUT2D eigenvalue weighted by atomic mass is 9.96. The third kappa shape index (κ3) is 3.91. The van der Waals surface area contributed by atoms with Crippen LogP contribution in [0.1, 0.15) is 36.2 Å². The Labute approximate surface area is 167 Å². The van der Waals surface area contributed by atoms with E-state index in [2.05, 4.69) is 15.3 Å². The van der Waals surface area contributed by atoms with Crippen molar-refractivity contribution in [3.8, 4) is 0 Å². The number of para-hydroxylation sites is 2. The zero-order chi connectivity index (χ0) is 20.4. The fraction of sp³-hybridized carbons (Fsp3) is 0.450. The molecular formula is C20H22N4O5. The molecule has 2 saturated heterocycles. The van der Waals surface area contributed by atoms with Crippen molar-refractivity contribution >= 4 is 28.8 Å². The van der Waals surface area contributed by atoms with E-state index in [1.165, 1.54) is 11.1 Å². The number of rotatable bonds is 3. The van der Waals surface area contributed by atoms with E-state index in [1.807, 2.05) is 12.1 Å². The fourth-order valence-electron chi connectivity index (χ4n) is 3.94. The largest absolute Gasteiger partial charge is 0.480 e. The summed E-state index contributed by atoms with van der Waals surface area (Å²) in [6.07, 6.45) is 4.09. The standard InChI is InChI=1S/C20H22N4O5/c25-18(16-9-21-13-6-3-4-7-14(13)22-16)23-15-8-2-1-5-12-10-29-11-17(20(27)28)24(12)19(15)26/h3-4,6-7,9,12,15,17H,1-2,5,8,10-11H2,(H,23,25)(H,27,28)/t12-,15-,17-/m0/s1. The minimum atomic E-state index is -1.10. The number of morpholine rings is 1. The van der Waals surface area contributed by atoms with Crippen LogP contribution in [0.5, 0.6) is 0 Å². The van der Waals surface area contributed by atoms with Crippen LogP contribution in [0.15, 0.2) is 30.5 Å². The van der Waals surface area contributed by atoms with Crippen LogP contribution in [0.4, 0.5) is 0 Å². The number of carboxylic acid groups (broad SMARTS) is 1. The second-order valence-corrected chi connectivity index (χ2v) is 7.35. The molecule has 152 valence electrons. The van der Waals surface area contributed by atoms with Crippen LogP contribution in [-0.2, 0) is 14.3 Å². The first-order valence-corrected chi connectivity index (χ1v) is 9.70. The summed E-state index contributed by atoms with van der Waals surface area (Å²) < 4.78 is 5.40. The maximum absolute atomic E-state index is 13.2. The maximum atomic E-state index is 13.2. The van der Waals surface area contributed by atoms with Gasteiger partial charge in [-0.2, -0.15) is 0 Å². The molecule has 1 aromatic heterocycles. The molecular weight excluding hydrogens is 376 g/mol. The minimum Gasteiger partial charge on any atom is -0.480 e. The Kier molecular flexibility index (Phi) is 5.39. The van der Waals surface area contributed by atoms with Gasteiger partial charge in [0, 0.05) is 0 Å². The van der Waals surface area contributed by atoms with Crippen molar-refractivity contribution < 1.29 is 24.2 Å². The summed E-state index contributed by atoms with van der Waals surface area (Å²) in [5.74, 6) is -1.99. The fourth-order valence-corrected chi connectivity index (χ4v) is 3.94. The van der Waals surface area contributed by atoms with Crippen LogP contribution in [0.3, 0.4) is 0 Å². The van der Waals surface area contributed by atoms with Gasteiger partial charge in [-0.05, 0) is 25.0 Å². The summed E-state index contributed by atoms with van der Waals surface area (Å²) in [7, 11) is 0. The number of hydrogen-bond acceptors (Lipinski definition) is 6. The first-order chi connectivity index (χ1) is 14.0. The summed E-state index contributed by atoms with van der Waals surface area (Å²) in [4.78, 5) is 47.5. The number of carboxylic acids is 1. The molecule has 0 unspecified atom stereocenters. The summed E-state index contributed by atoms with van der Waals surface area (Å²) in [6.45, 7) is 0.265. The zero-order valence-electron chi connectivity index (χ0n) is 15.8. The molecule has 2 amide bonds. The van der Waals surface area contributed by atoms with Crippen LogP contribution in [0.2, 0.25) is 0 Å². The normalized spacial score (nSPS) is 25.0. The Balaban J connectivity index is 1.56. The van der Waals surface area contributed by atoms with Gasteiger partial charge >= 0.3 is 5.97 Å². The highest BCUT2D eigenvalue weighted by Gasteiger charge is 2.42. The molecule has 2 aliphatic heterocycles. The number of aliphatic carboxylic acids is 1. The van der Waals surface area contributed by atoms with E-state index < -0.39 is 24.0 Å². The molecule has 3 heterocycles. The summed E-state index contributed by atoms with van der Waals surface area (Å²) in [6, 6.07) is 5.06. The van der Waals surface area contributed by atoms with Gasteiger partial charge in [-0.3, -0.25) is 14.6 Å². The SMILES string of the molecule is O=C(N[C@H]1CCCC[C@H]2COC[C@@H](C(=O)O)N2C1=O)c1cnc2ccccc2n1. The zero-order valence-corrected chi connectivity index (χ0v) is 15.8. The van der Waals surface area contributed by atoms with Gasteiger partial charge in [-0.25, -0.2) is 9.78 Å². The summed E-state index contributed by atoms with van der Waals surface area (Å²) in [5, 5.41) is 12.3. The molecule has 0 bridgehead atoms. The number of amides is 2. The molecule has 9 nitrogen and oxygen atoms in total. The smallest absolute Gasteiger partial charge is 0.328 e. The Morgan fingerprint density at radius 3 is 2.69 bits per heavy atom. The van der Waals surface area contributed by atoms with E-state index in [-0.39, 0.29) is 24.2 Å². The number of aromatic nitrogens is 2. The van der Waals surface area contributed by atoms with Gasteiger partial charge in [0.05, 0.1) is 36.5 Å². The van der Waals surface area contributed by atoms with E-state index >= 15 is 0 Å². The Hall–Kier alpha value is -3.07. The molecule has 2 fully saturated rings. The summed E-state index contributed by atoms with van der Waals surface area (Å²) >= 11 is 0. The number of fused-ring (bicyclic) bond motifs is 2. The van der Waals surface area contributed by atoms with Crippen molar-refractivity contribution in [3.63, 3.8) is 0 Å². The average Bonchev–Trinajstić information content (AvgIpc) is 2.73. The molecule has 4 rings (SSSR count). The van der Waals surface area contributed by atoms with Crippen molar-refractivity contribution in [3.05, 3.63) is 36.2 Å². The molecule has 3 atom stereocenters. The monoisotopic (exact) mass is 398 g/mol. The predicted octanol–water partition coefficient (Wildman–Crippen LogP) is 0.983. The quantitative estimate of drug-likeness (QED) is 0.790. The number of benzene rings is 1. The minimum absolute atomic E-state index is 0.0472. The lowest BCUT2D eigenvalue weighted by Gasteiger charge is -2.43. The van der Waals surface area contributed by atoms with E-state index in [0.29, 0.717) is 30.5 Å². The topological polar surface area (TPSA) is 122 Å². The highest BCUT2D eigenvalue weighted by atomic mass is 16.5. The Morgan fingerprint density at radius 1 is 1.14 bits per heavy atom. The van der Waals surface area contributed by atoms with Crippen molar-refractivity contribution in [2.24, 2.45) is 0 Å². The van der Waals surface area contributed by atoms with Crippen molar-refractivity contribution in [1.29, 1.82) is 0 Å². The van der Waals surface area contributed by atoms with Crippen molar-refractivity contribution in [2.45, 2.75) is 43.8 Å². The van der Waals surface area contributed by atoms with Crippen molar-refractivity contribution in [1.82, 2.24) is 20.2 Å². The van der Waals surface area contributed by atoms with Crippen molar-refractivity contribution in [2.75, 3.05) is 13.2 Å². The van der Waals surface area contributed by atoms with E-state index in [9.17, 15) is 19.5 Å². The Morgan fingerprint density at radius 2 is 1.90 bits per heavy atom. The third-order valence-corrected chi connectivity index (χ3v) is 5.42. The molecule has 29 heavy (non-hydrogen) atoms. The molecule has 9 heteroatoms. The molecule has 2 N–H and O–H groups in total. The van der Waals surface area contributed by atoms with E-state index in [0.717, 1.165) is 12.8 Å². The van der Waals surface area contributed by atoms with Gasteiger partial charge in [0.15, 0.2) is 6.04 Å². The van der Waals surface area contributed by atoms with E-state index in [4.69, 9.17) is 4.74 Å². The second kappa shape index (κ2) is 8.12. The van der Waals surface area contributed by atoms with Crippen LogP contribution in [-0.4, -0.2) is 69.1 Å². The van der Waals surface area contributed by atoms with Crippen LogP contribution < -0.4 is 5.32 Å². The molecule has 0 aliphatic carbocycles. The highest BCUT2D eigenvalue weighted by molar-refractivity contribution is 5.97. The van der Waals surface area contributed by atoms with Gasteiger partial charge < -0.3 is 20.1 Å². The number of carbonyl (C=O) groups excluding carboxylic acids is 2.